The van der Waals surface area contributed by atoms with Crippen LogP contribution in [0.2, 0.25) is 5.02 Å². The van der Waals surface area contributed by atoms with Gasteiger partial charge in [-0.3, -0.25) is 4.68 Å². The van der Waals surface area contributed by atoms with Crippen LogP contribution >= 0.6 is 11.6 Å². The Morgan fingerprint density at radius 2 is 2.31 bits per heavy atom. The van der Waals surface area contributed by atoms with Gasteiger partial charge in [0.25, 0.3) is 0 Å². The van der Waals surface area contributed by atoms with E-state index < -0.39 is 0 Å². The molecule has 4 heteroatoms. The smallest absolute Gasteiger partial charge is 0.0818 e. The van der Waals surface area contributed by atoms with Crippen LogP contribution in [0.15, 0.2) is 6.20 Å². The number of aryl methyl sites for hydroxylation is 1. The van der Waals surface area contributed by atoms with Crippen molar-refractivity contribution in [1.29, 1.82) is 0 Å². The number of nitrogens with one attached hydrogen (secondary N) is 1. The molecule has 1 rings (SSSR count). The van der Waals surface area contributed by atoms with Crippen molar-refractivity contribution in [3.05, 3.63) is 16.9 Å². The molecule has 0 aromatic carbocycles. The van der Waals surface area contributed by atoms with E-state index in [-0.39, 0.29) is 0 Å². The van der Waals surface area contributed by atoms with Gasteiger partial charge >= 0.3 is 0 Å². The first-order valence-corrected chi connectivity index (χ1v) is 5.08. The Kier molecular flexibility index (Phi) is 4.25. The average Bonchev–Trinajstić information content (AvgIpc) is 2.48. The summed E-state index contributed by atoms with van der Waals surface area (Å²) in [6, 6.07) is 0. The summed E-state index contributed by atoms with van der Waals surface area (Å²) in [7, 11) is 0. The van der Waals surface area contributed by atoms with Crippen molar-refractivity contribution in [3.63, 3.8) is 0 Å². The lowest BCUT2D eigenvalue weighted by molar-refractivity contribution is 0.603. The summed E-state index contributed by atoms with van der Waals surface area (Å²) in [4.78, 5) is 0. The molecule has 0 radical (unpaired) electrons. The number of nitrogens with zero attached hydrogens (tertiary/aromatic N) is 2. The van der Waals surface area contributed by atoms with Gasteiger partial charge in [-0.2, -0.15) is 5.10 Å². The van der Waals surface area contributed by atoms with Crippen molar-refractivity contribution in [2.45, 2.75) is 26.8 Å². The molecule has 1 heterocycles. The third-order valence-electron chi connectivity index (χ3n) is 1.99. The fraction of sp³-hybridized carbons (Fsp3) is 0.667. The lowest BCUT2D eigenvalue weighted by Crippen LogP contribution is -2.18. The van der Waals surface area contributed by atoms with Gasteiger partial charge in [0, 0.05) is 19.5 Å². The number of rotatable bonds is 5. The first-order valence-electron chi connectivity index (χ1n) is 4.70. The first kappa shape index (κ1) is 10.5. The molecule has 0 unspecified atom stereocenters. The van der Waals surface area contributed by atoms with Crippen molar-refractivity contribution in [2.24, 2.45) is 0 Å². The minimum atomic E-state index is 0.778. The van der Waals surface area contributed by atoms with E-state index >= 15 is 0 Å². The number of halogens is 1. The summed E-state index contributed by atoms with van der Waals surface area (Å²) < 4.78 is 1.94. The number of hydrogen-bond donors (Lipinski definition) is 1. The van der Waals surface area contributed by atoms with Gasteiger partial charge in [-0.05, 0) is 13.5 Å². The molecule has 1 N–H and O–H groups in total. The van der Waals surface area contributed by atoms with Gasteiger partial charge in [-0.15, -0.1) is 0 Å². The fourth-order valence-electron chi connectivity index (χ4n) is 1.29. The lowest BCUT2D eigenvalue weighted by atomic mass is 10.3. The highest BCUT2D eigenvalue weighted by Crippen LogP contribution is 2.14. The van der Waals surface area contributed by atoms with Crippen LogP contribution in [0.4, 0.5) is 0 Å². The van der Waals surface area contributed by atoms with Gasteiger partial charge < -0.3 is 5.32 Å². The van der Waals surface area contributed by atoms with Crippen molar-refractivity contribution in [3.8, 4) is 0 Å². The minimum Gasteiger partial charge on any atom is -0.317 e. The maximum absolute atomic E-state index is 5.99. The monoisotopic (exact) mass is 201 g/mol. The fourth-order valence-corrected chi connectivity index (χ4v) is 1.53. The second-order valence-corrected chi connectivity index (χ2v) is 3.27. The Balaban J connectivity index is 2.57. The molecule has 0 bridgehead atoms. The molecule has 0 saturated heterocycles. The molecule has 13 heavy (non-hydrogen) atoms. The van der Waals surface area contributed by atoms with Crippen LogP contribution in [0.25, 0.3) is 0 Å². The third kappa shape index (κ3) is 2.71. The normalized spacial score (nSPS) is 10.7. The van der Waals surface area contributed by atoms with Crippen molar-refractivity contribution in [1.82, 2.24) is 15.1 Å². The number of aromatic nitrogens is 2. The maximum atomic E-state index is 5.99. The summed E-state index contributed by atoms with van der Waals surface area (Å²) >= 11 is 5.99. The molecular formula is C9H16ClN3. The Bertz CT molecular complexity index is 257. The van der Waals surface area contributed by atoms with E-state index in [2.05, 4.69) is 24.3 Å². The van der Waals surface area contributed by atoms with E-state index in [0.29, 0.717) is 0 Å². The SMILES string of the molecule is CCNCCc1c(Cl)cnn1CC. The summed E-state index contributed by atoms with van der Waals surface area (Å²) in [5, 5.41) is 8.21. The average molecular weight is 202 g/mol. The van der Waals surface area contributed by atoms with Gasteiger partial charge in [-0.25, -0.2) is 0 Å². The topological polar surface area (TPSA) is 29.9 Å². The van der Waals surface area contributed by atoms with Crippen LogP contribution in [0.1, 0.15) is 19.5 Å². The maximum Gasteiger partial charge on any atom is 0.0818 e. The largest absolute Gasteiger partial charge is 0.317 e. The summed E-state index contributed by atoms with van der Waals surface area (Å²) in [5.41, 5.74) is 1.13. The molecule has 0 aliphatic rings. The standard InChI is InChI=1S/C9H16ClN3/c1-3-11-6-5-9-8(10)7-12-13(9)4-2/h7,11H,3-6H2,1-2H3. The minimum absolute atomic E-state index is 0.778. The third-order valence-corrected chi connectivity index (χ3v) is 2.30. The number of hydrogen-bond acceptors (Lipinski definition) is 2. The van der Waals surface area contributed by atoms with Crippen LogP contribution in [0, 0.1) is 0 Å². The predicted octanol–water partition coefficient (Wildman–Crippen LogP) is 1.71. The molecular weight excluding hydrogens is 186 g/mol. The van der Waals surface area contributed by atoms with Gasteiger partial charge in [0.2, 0.25) is 0 Å². The zero-order chi connectivity index (χ0) is 9.68. The van der Waals surface area contributed by atoms with Crippen LogP contribution < -0.4 is 5.32 Å². The molecule has 1 aromatic heterocycles. The summed E-state index contributed by atoms with van der Waals surface area (Å²) in [6.07, 6.45) is 2.66. The van der Waals surface area contributed by atoms with Crippen molar-refractivity contribution < 1.29 is 0 Å². The highest BCUT2D eigenvalue weighted by molar-refractivity contribution is 6.31. The molecule has 0 atom stereocenters. The van der Waals surface area contributed by atoms with Gasteiger partial charge in [0.1, 0.15) is 0 Å². The van der Waals surface area contributed by atoms with Gasteiger partial charge in [0.15, 0.2) is 0 Å². The van der Waals surface area contributed by atoms with Gasteiger partial charge in [0.05, 0.1) is 16.9 Å². The van der Waals surface area contributed by atoms with Crippen LogP contribution in [-0.2, 0) is 13.0 Å². The predicted molar refractivity (Wildman–Crippen MR) is 55.2 cm³/mol. The van der Waals surface area contributed by atoms with Crippen LogP contribution in [0.3, 0.4) is 0 Å². The Morgan fingerprint density at radius 3 is 2.92 bits per heavy atom. The van der Waals surface area contributed by atoms with Crippen molar-refractivity contribution in [2.75, 3.05) is 13.1 Å². The first-order chi connectivity index (χ1) is 6.29. The molecule has 0 aliphatic carbocycles. The molecule has 0 fully saturated rings. The quantitative estimate of drug-likeness (QED) is 0.736. The Morgan fingerprint density at radius 1 is 1.54 bits per heavy atom. The highest BCUT2D eigenvalue weighted by Gasteiger charge is 2.06. The van der Waals surface area contributed by atoms with Crippen molar-refractivity contribution >= 4 is 11.6 Å². The van der Waals surface area contributed by atoms with E-state index in [1.54, 1.807) is 6.20 Å². The van der Waals surface area contributed by atoms with E-state index in [1.165, 1.54) is 0 Å². The lowest BCUT2D eigenvalue weighted by Gasteiger charge is -2.05. The zero-order valence-corrected chi connectivity index (χ0v) is 8.93. The summed E-state index contributed by atoms with van der Waals surface area (Å²) in [6.45, 7) is 7.01. The molecule has 1 aromatic rings. The molecule has 3 nitrogen and oxygen atoms in total. The number of likely N-dealkylation sites (N-methyl/N-ethyl adjacent to an activating group) is 1. The van der Waals surface area contributed by atoms with E-state index in [9.17, 15) is 0 Å². The van der Waals surface area contributed by atoms with E-state index in [1.807, 2.05) is 4.68 Å². The molecule has 0 saturated carbocycles. The van der Waals surface area contributed by atoms with E-state index in [4.69, 9.17) is 11.6 Å². The molecule has 0 amide bonds. The second kappa shape index (κ2) is 5.25. The molecule has 0 spiro atoms. The second-order valence-electron chi connectivity index (χ2n) is 2.86. The van der Waals surface area contributed by atoms with Crippen LogP contribution in [0.5, 0.6) is 0 Å². The summed E-state index contributed by atoms with van der Waals surface area (Å²) in [5.74, 6) is 0. The highest BCUT2D eigenvalue weighted by atomic mass is 35.5. The zero-order valence-electron chi connectivity index (χ0n) is 8.18. The Labute approximate surface area is 84.1 Å². The van der Waals surface area contributed by atoms with Crippen LogP contribution in [-0.4, -0.2) is 22.9 Å². The van der Waals surface area contributed by atoms with Gasteiger partial charge in [-0.1, -0.05) is 18.5 Å². The Hall–Kier alpha value is -0.540. The van der Waals surface area contributed by atoms with E-state index in [0.717, 1.165) is 36.8 Å². The molecule has 74 valence electrons. The molecule has 0 aliphatic heterocycles.